The molecule has 3 nitrogen and oxygen atoms in total. The van der Waals surface area contributed by atoms with E-state index in [1.165, 1.54) is 0 Å². The van der Waals surface area contributed by atoms with Gasteiger partial charge >= 0.3 is 0 Å². The molecule has 1 aliphatic rings. The van der Waals surface area contributed by atoms with Crippen molar-refractivity contribution in [2.45, 2.75) is 38.9 Å². The molecule has 0 radical (unpaired) electrons. The van der Waals surface area contributed by atoms with E-state index in [1.807, 2.05) is 12.1 Å². The highest BCUT2D eigenvalue weighted by Gasteiger charge is 2.38. The van der Waals surface area contributed by atoms with Crippen molar-refractivity contribution in [1.82, 2.24) is 0 Å². The van der Waals surface area contributed by atoms with E-state index >= 15 is 0 Å². The Kier molecular flexibility index (Phi) is 4.15. The monoisotopic (exact) mass is 356 g/mol. The van der Waals surface area contributed by atoms with Crippen LogP contribution in [0.4, 0.5) is 5.69 Å². The first-order valence-corrected chi connectivity index (χ1v) is 7.84. The van der Waals surface area contributed by atoms with Crippen LogP contribution in [0.1, 0.15) is 33.3 Å². The average Bonchev–Trinajstić information content (AvgIpc) is 2.24. The van der Waals surface area contributed by atoms with E-state index in [-0.39, 0.29) is 11.2 Å². The average molecular weight is 357 g/mol. The van der Waals surface area contributed by atoms with Gasteiger partial charge < -0.3 is 15.4 Å². The molecule has 0 amide bonds. The van der Waals surface area contributed by atoms with Gasteiger partial charge in [-0.15, -0.1) is 0 Å². The lowest BCUT2D eigenvalue weighted by molar-refractivity contribution is -0.133. The van der Waals surface area contributed by atoms with Crippen LogP contribution in [0.3, 0.4) is 0 Å². The van der Waals surface area contributed by atoms with Crippen LogP contribution in [0, 0.1) is 0 Å². The third kappa shape index (κ3) is 3.51. The number of nitrogens with two attached hydrogens (primary N) is 1. The van der Waals surface area contributed by atoms with Crippen molar-refractivity contribution in [2.24, 2.45) is 5.73 Å². The van der Waals surface area contributed by atoms with Crippen LogP contribution in [0.15, 0.2) is 22.7 Å². The maximum absolute atomic E-state index is 6.12. The van der Waals surface area contributed by atoms with Gasteiger partial charge in [-0.25, -0.2) is 0 Å². The normalized spacial score (nSPS) is 20.8. The van der Waals surface area contributed by atoms with Crippen molar-refractivity contribution in [3.8, 4) is 0 Å². The lowest BCUT2D eigenvalue weighted by atomic mass is 9.97. The zero-order valence-electron chi connectivity index (χ0n) is 12.4. The van der Waals surface area contributed by atoms with E-state index in [0.717, 1.165) is 28.8 Å². The summed E-state index contributed by atoms with van der Waals surface area (Å²) < 4.78 is 7.10. The highest BCUT2D eigenvalue weighted by atomic mass is 79.9. The first kappa shape index (κ1) is 15.7. The predicted octanol–water partition coefficient (Wildman–Crippen LogP) is 3.48. The lowest BCUT2D eigenvalue weighted by Gasteiger charge is -2.48. The van der Waals surface area contributed by atoms with Crippen LogP contribution in [-0.4, -0.2) is 29.3 Å². The summed E-state index contributed by atoms with van der Waals surface area (Å²) in [4.78, 5) is 2.73. The van der Waals surface area contributed by atoms with E-state index < -0.39 is 0 Å². The minimum Gasteiger partial charge on any atom is -0.389 e. The topological polar surface area (TPSA) is 38.5 Å². The molecule has 1 aromatic carbocycles. The van der Waals surface area contributed by atoms with Crippen molar-refractivity contribution in [3.63, 3.8) is 0 Å². The number of nitrogens with zero attached hydrogens (tertiary/aromatic N) is 1. The van der Waals surface area contributed by atoms with E-state index in [1.54, 1.807) is 0 Å². The molecule has 1 fully saturated rings. The van der Waals surface area contributed by atoms with Gasteiger partial charge in [-0.05, 0) is 45.9 Å². The van der Waals surface area contributed by atoms with E-state index in [9.17, 15) is 0 Å². The second-order valence-corrected chi connectivity index (χ2v) is 7.86. The van der Waals surface area contributed by atoms with Gasteiger partial charge in [0, 0.05) is 28.8 Å². The molecule has 0 saturated carbocycles. The van der Waals surface area contributed by atoms with Gasteiger partial charge in [0.15, 0.2) is 0 Å². The van der Waals surface area contributed by atoms with Crippen LogP contribution >= 0.6 is 28.1 Å². The Bertz CT molecular complexity index is 527. The van der Waals surface area contributed by atoms with Crippen LogP contribution in [0.5, 0.6) is 0 Å². The Labute approximate surface area is 134 Å². The van der Waals surface area contributed by atoms with Crippen LogP contribution < -0.4 is 10.6 Å². The molecule has 0 unspecified atom stereocenters. The van der Waals surface area contributed by atoms with Gasteiger partial charge in [-0.3, -0.25) is 0 Å². The Balaban J connectivity index is 2.43. The summed E-state index contributed by atoms with van der Waals surface area (Å²) >= 11 is 8.67. The number of morpholine rings is 1. The number of anilines is 1. The predicted molar refractivity (Wildman–Crippen MR) is 91.5 cm³/mol. The highest BCUT2D eigenvalue weighted by molar-refractivity contribution is 9.10. The lowest BCUT2D eigenvalue weighted by Crippen LogP contribution is -2.57. The maximum atomic E-state index is 6.12. The first-order valence-electron chi connectivity index (χ1n) is 6.64. The largest absolute Gasteiger partial charge is 0.389 e. The molecule has 0 aliphatic carbocycles. The Morgan fingerprint density at radius 3 is 2.30 bits per heavy atom. The number of hydrogen-bond donors (Lipinski definition) is 1. The number of rotatable bonds is 2. The SMILES string of the molecule is CC1(C)CN(c2ccc(Br)cc2C(N)=S)CC(C)(C)O1. The second kappa shape index (κ2) is 5.28. The number of ether oxygens (including phenoxy) is 1. The van der Waals surface area contributed by atoms with Crippen LogP contribution in [0.25, 0.3) is 0 Å². The number of halogens is 1. The quantitative estimate of drug-likeness (QED) is 0.823. The number of thiocarbonyl (C=S) groups is 1. The third-order valence-corrected chi connectivity index (χ3v) is 3.97. The minimum absolute atomic E-state index is 0.206. The Morgan fingerprint density at radius 2 is 1.80 bits per heavy atom. The molecule has 0 spiro atoms. The fourth-order valence-electron chi connectivity index (χ4n) is 2.94. The molecule has 2 N–H and O–H groups in total. The molecule has 110 valence electrons. The van der Waals surface area contributed by atoms with Crippen molar-refractivity contribution < 1.29 is 4.74 Å². The van der Waals surface area contributed by atoms with Crippen molar-refractivity contribution in [2.75, 3.05) is 18.0 Å². The zero-order valence-corrected chi connectivity index (χ0v) is 14.8. The molecule has 1 aliphatic heterocycles. The van der Waals surface area contributed by atoms with Gasteiger partial charge in [0.25, 0.3) is 0 Å². The number of benzene rings is 1. The molecule has 0 aromatic heterocycles. The molecule has 2 rings (SSSR count). The smallest absolute Gasteiger partial charge is 0.106 e. The minimum atomic E-state index is -0.206. The molecular formula is C15H21BrN2OS. The summed E-state index contributed by atoms with van der Waals surface area (Å²) in [6, 6.07) is 6.07. The maximum Gasteiger partial charge on any atom is 0.106 e. The van der Waals surface area contributed by atoms with Crippen molar-refractivity contribution in [3.05, 3.63) is 28.2 Å². The third-order valence-electron chi connectivity index (χ3n) is 3.26. The van der Waals surface area contributed by atoms with E-state index in [0.29, 0.717) is 4.99 Å². The summed E-state index contributed by atoms with van der Waals surface area (Å²) in [7, 11) is 0. The zero-order chi connectivity index (χ0) is 15.1. The summed E-state index contributed by atoms with van der Waals surface area (Å²) in [6.45, 7) is 10.1. The second-order valence-electron chi connectivity index (χ2n) is 6.50. The molecule has 5 heteroatoms. The van der Waals surface area contributed by atoms with Gasteiger partial charge in [-0.2, -0.15) is 0 Å². The fourth-order valence-corrected chi connectivity index (χ4v) is 3.46. The summed E-state index contributed by atoms with van der Waals surface area (Å²) in [5.41, 5.74) is 7.45. The number of hydrogen-bond acceptors (Lipinski definition) is 3. The molecule has 0 bridgehead atoms. The van der Waals surface area contributed by atoms with Gasteiger partial charge in [0.1, 0.15) is 4.99 Å². The van der Waals surface area contributed by atoms with Gasteiger partial charge in [0.05, 0.1) is 11.2 Å². The standard InChI is InChI=1S/C15H21BrN2OS/c1-14(2)8-18(9-15(3,4)19-14)12-6-5-10(16)7-11(12)13(17)20/h5-7H,8-9H2,1-4H3,(H2,17,20). The summed E-state index contributed by atoms with van der Waals surface area (Å²) in [5.74, 6) is 0. The van der Waals surface area contributed by atoms with Crippen molar-refractivity contribution >= 4 is 38.8 Å². The van der Waals surface area contributed by atoms with E-state index in [2.05, 4.69) is 54.6 Å². The molecule has 0 atom stereocenters. The van der Waals surface area contributed by atoms with Crippen LogP contribution in [0.2, 0.25) is 0 Å². The molecule has 1 heterocycles. The summed E-state index contributed by atoms with van der Waals surface area (Å²) in [5, 5.41) is 0. The molecule has 20 heavy (non-hydrogen) atoms. The Hall–Kier alpha value is -0.650. The molecule has 1 aromatic rings. The fraction of sp³-hybridized carbons (Fsp3) is 0.533. The van der Waals surface area contributed by atoms with Crippen molar-refractivity contribution in [1.29, 1.82) is 0 Å². The first-order chi connectivity index (χ1) is 9.10. The highest BCUT2D eigenvalue weighted by Crippen LogP contribution is 2.34. The van der Waals surface area contributed by atoms with Crippen LogP contribution in [-0.2, 0) is 4.74 Å². The van der Waals surface area contributed by atoms with Gasteiger partial charge in [0.2, 0.25) is 0 Å². The van der Waals surface area contributed by atoms with Gasteiger partial charge in [-0.1, -0.05) is 28.1 Å². The molecular weight excluding hydrogens is 336 g/mol. The van der Waals surface area contributed by atoms with E-state index in [4.69, 9.17) is 22.7 Å². The Morgan fingerprint density at radius 1 is 1.25 bits per heavy atom. The summed E-state index contributed by atoms with van der Waals surface area (Å²) in [6.07, 6.45) is 0. The molecule has 1 saturated heterocycles.